The second-order valence-corrected chi connectivity index (χ2v) is 13.7. The smallest absolute Gasteiger partial charge is 0.306 e. The molecule has 0 heterocycles. The number of sulfone groups is 1. The Bertz CT molecular complexity index is 843. The molecule has 0 radical (unpaired) electrons. The van der Waals surface area contributed by atoms with Crippen LogP contribution in [0.15, 0.2) is 59.5 Å². The number of rotatable bonds is 6. The van der Waals surface area contributed by atoms with Gasteiger partial charge in [0, 0.05) is 6.26 Å². The summed E-state index contributed by atoms with van der Waals surface area (Å²) in [7, 11) is -5.44. The van der Waals surface area contributed by atoms with Crippen molar-refractivity contribution in [1.29, 1.82) is 0 Å². The summed E-state index contributed by atoms with van der Waals surface area (Å²) in [5.74, 6) is -1.40. The summed E-state index contributed by atoms with van der Waals surface area (Å²) >= 11 is 0. The molecule has 0 fully saturated rings. The predicted molar refractivity (Wildman–Crippen MR) is 103 cm³/mol. The Morgan fingerprint density at radius 3 is 1.96 bits per heavy atom. The van der Waals surface area contributed by atoms with Crippen LogP contribution in [0, 0.1) is 5.92 Å². The summed E-state index contributed by atoms with van der Waals surface area (Å²) in [6.07, 6.45) is 1.17. The van der Waals surface area contributed by atoms with Gasteiger partial charge in [-0.15, -0.1) is 0 Å². The molecular weight excluding hydrogens is 352 g/mol. The highest BCUT2D eigenvalue weighted by atomic mass is 32.2. The lowest BCUT2D eigenvalue weighted by molar-refractivity contribution is -0.141. The van der Waals surface area contributed by atoms with E-state index in [1.165, 1.54) is 11.4 Å². The molecule has 0 aliphatic rings. The van der Waals surface area contributed by atoms with E-state index in [1.807, 2.05) is 18.2 Å². The van der Waals surface area contributed by atoms with Crippen LogP contribution >= 0.6 is 0 Å². The molecule has 0 aliphatic heterocycles. The number of benzene rings is 2. The first-order valence-corrected chi connectivity index (χ1v) is 13.1. The van der Waals surface area contributed by atoms with Crippen molar-refractivity contribution in [1.82, 2.24) is 0 Å². The molecule has 0 saturated carbocycles. The Hall–Kier alpha value is -1.92. The van der Waals surface area contributed by atoms with Crippen LogP contribution in [0.4, 0.5) is 0 Å². The normalized spacial score (nSPS) is 14.7. The van der Waals surface area contributed by atoms with Gasteiger partial charge in [-0.1, -0.05) is 67.7 Å². The predicted octanol–water partition coefficient (Wildman–Crippen LogP) is 3.05. The van der Waals surface area contributed by atoms with Gasteiger partial charge in [0.25, 0.3) is 0 Å². The molecule has 0 bridgehead atoms. The third kappa shape index (κ3) is 4.19. The molecule has 0 saturated heterocycles. The fraction of sp³-hybridized carbons (Fsp3) is 0.316. The van der Waals surface area contributed by atoms with Crippen LogP contribution in [-0.2, 0) is 14.6 Å². The van der Waals surface area contributed by atoms with E-state index in [0.717, 1.165) is 5.56 Å². The van der Waals surface area contributed by atoms with E-state index in [-0.39, 0.29) is 10.4 Å². The van der Waals surface area contributed by atoms with Crippen molar-refractivity contribution in [3.63, 3.8) is 0 Å². The van der Waals surface area contributed by atoms with Gasteiger partial charge in [-0.05, 0) is 23.2 Å². The fourth-order valence-electron chi connectivity index (χ4n) is 3.44. The minimum atomic E-state index is -3.27. The van der Waals surface area contributed by atoms with Crippen LogP contribution in [0.1, 0.15) is 18.0 Å². The van der Waals surface area contributed by atoms with Gasteiger partial charge in [0.2, 0.25) is 0 Å². The van der Waals surface area contributed by atoms with Crippen molar-refractivity contribution >= 4 is 29.1 Å². The minimum absolute atomic E-state index is 0.166. The van der Waals surface area contributed by atoms with E-state index >= 15 is 0 Å². The monoisotopic (exact) mass is 376 g/mol. The summed E-state index contributed by atoms with van der Waals surface area (Å²) in [5.41, 5.74) is 0.712. The lowest BCUT2D eigenvalue weighted by Crippen LogP contribution is -2.51. The molecule has 0 unspecified atom stereocenters. The Labute approximate surface area is 150 Å². The van der Waals surface area contributed by atoms with E-state index in [9.17, 15) is 18.3 Å². The minimum Gasteiger partial charge on any atom is -0.481 e. The van der Waals surface area contributed by atoms with Crippen molar-refractivity contribution < 1.29 is 18.3 Å². The van der Waals surface area contributed by atoms with Crippen LogP contribution in [-0.4, -0.2) is 33.8 Å². The topological polar surface area (TPSA) is 71.4 Å². The summed E-state index contributed by atoms with van der Waals surface area (Å²) in [5, 5.41) is 10.8. The SMILES string of the molecule is C[C@@H](C(=O)O)[C@@H](c1ccc(S(C)(=O)=O)cc1)[Si](C)(C)c1ccccc1. The zero-order chi connectivity index (χ0) is 18.8. The first-order chi connectivity index (χ1) is 11.5. The van der Waals surface area contributed by atoms with Crippen molar-refractivity contribution in [2.75, 3.05) is 6.26 Å². The van der Waals surface area contributed by atoms with E-state index in [0.29, 0.717) is 0 Å². The Morgan fingerprint density at radius 1 is 1.00 bits per heavy atom. The van der Waals surface area contributed by atoms with Crippen LogP contribution in [0.2, 0.25) is 13.1 Å². The largest absolute Gasteiger partial charge is 0.481 e. The zero-order valence-corrected chi connectivity index (χ0v) is 16.7. The van der Waals surface area contributed by atoms with Gasteiger partial charge in [-0.2, -0.15) is 0 Å². The highest BCUT2D eigenvalue weighted by Crippen LogP contribution is 2.34. The summed E-state index contributed by atoms with van der Waals surface area (Å²) in [6, 6.07) is 16.7. The second kappa shape index (κ2) is 7.13. The van der Waals surface area contributed by atoms with Crippen molar-refractivity contribution in [2.45, 2.75) is 30.5 Å². The Balaban J connectivity index is 2.56. The molecule has 2 atom stereocenters. The molecule has 4 nitrogen and oxygen atoms in total. The van der Waals surface area contributed by atoms with Crippen LogP contribution < -0.4 is 5.19 Å². The third-order valence-corrected chi connectivity index (χ3v) is 10.2. The van der Waals surface area contributed by atoms with Crippen molar-refractivity contribution in [3.05, 3.63) is 60.2 Å². The van der Waals surface area contributed by atoms with Gasteiger partial charge in [-0.25, -0.2) is 8.42 Å². The van der Waals surface area contributed by atoms with Crippen LogP contribution in [0.25, 0.3) is 0 Å². The van der Waals surface area contributed by atoms with E-state index in [1.54, 1.807) is 31.2 Å². The van der Waals surface area contributed by atoms with Crippen molar-refractivity contribution in [3.8, 4) is 0 Å². The molecule has 1 N–H and O–H groups in total. The summed E-state index contributed by atoms with van der Waals surface area (Å²) in [4.78, 5) is 12.0. The zero-order valence-electron chi connectivity index (χ0n) is 14.9. The molecule has 0 spiro atoms. The van der Waals surface area contributed by atoms with E-state index < -0.39 is 29.8 Å². The lowest BCUT2D eigenvalue weighted by Gasteiger charge is -2.36. The molecule has 134 valence electrons. The van der Waals surface area contributed by atoms with Crippen LogP contribution in [0.3, 0.4) is 0 Å². The number of carbonyl (C=O) groups is 1. The molecule has 6 heteroatoms. The fourth-order valence-corrected chi connectivity index (χ4v) is 7.90. The molecule has 25 heavy (non-hydrogen) atoms. The molecule has 2 rings (SSSR count). The first-order valence-electron chi connectivity index (χ1n) is 8.13. The van der Waals surface area contributed by atoms with Gasteiger partial charge in [0.05, 0.1) is 18.9 Å². The van der Waals surface area contributed by atoms with Crippen LogP contribution in [0.5, 0.6) is 0 Å². The summed E-state index contributed by atoms with van der Waals surface area (Å²) in [6.45, 7) is 6.06. The average molecular weight is 377 g/mol. The van der Waals surface area contributed by atoms with Crippen molar-refractivity contribution in [2.24, 2.45) is 5.92 Å². The molecular formula is C19H24O4SSi. The number of aliphatic carboxylic acids is 1. The van der Waals surface area contributed by atoms with Gasteiger partial charge in [0.1, 0.15) is 0 Å². The Kier molecular flexibility index (Phi) is 5.54. The molecule has 0 aliphatic carbocycles. The maximum Gasteiger partial charge on any atom is 0.306 e. The number of hydrogen-bond donors (Lipinski definition) is 1. The van der Waals surface area contributed by atoms with Gasteiger partial charge < -0.3 is 5.11 Å². The highest BCUT2D eigenvalue weighted by molar-refractivity contribution is 7.90. The van der Waals surface area contributed by atoms with Gasteiger partial charge >= 0.3 is 5.97 Å². The quantitative estimate of drug-likeness (QED) is 0.787. The molecule has 2 aromatic carbocycles. The molecule has 0 aromatic heterocycles. The van der Waals surface area contributed by atoms with Gasteiger partial charge in [0.15, 0.2) is 9.84 Å². The maximum absolute atomic E-state index is 11.7. The Morgan fingerprint density at radius 2 is 1.52 bits per heavy atom. The molecule has 2 aromatic rings. The number of carboxylic acid groups (broad SMARTS) is 1. The third-order valence-electron chi connectivity index (χ3n) is 4.85. The lowest BCUT2D eigenvalue weighted by atomic mass is 10.0. The molecule has 0 amide bonds. The second-order valence-electron chi connectivity index (χ2n) is 7.03. The first kappa shape index (κ1) is 19.4. The van der Waals surface area contributed by atoms with Gasteiger partial charge in [-0.3, -0.25) is 4.79 Å². The maximum atomic E-state index is 11.7. The number of hydrogen-bond acceptors (Lipinski definition) is 3. The standard InChI is InChI=1S/C19H24O4SSi/c1-14(19(20)21)18(25(3,4)17-8-6-5-7-9-17)15-10-12-16(13-11-15)24(2,22)23/h5-14,18H,1-4H3,(H,20,21)/t14-,18+/m1/s1. The highest BCUT2D eigenvalue weighted by Gasteiger charge is 2.40. The van der Waals surface area contributed by atoms with E-state index in [2.05, 4.69) is 25.2 Å². The number of carboxylic acids is 1. The van der Waals surface area contributed by atoms with E-state index in [4.69, 9.17) is 0 Å². The summed E-state index contributed by atoms with van der Waals surface area (Å²) < 4.78 is 23.4. The average Bonchev–Trinajstić information content (AvgIpc) is 2.55.